The van der Waals surface area contributed by atoms with Crippen LogP contribution >= 0.6 is 0 Å². The third kappa shape index (κ3) is 6.96. The lowest BCUT2D eigenvalue weighted by atomic mass is 9.85. The van der Waals surface area contributed by atoms with Gasteiger partial charge in [-0.25, -0.2) is 9.59 Å². The number of carboxylic acids is 1. The number of ether oxygens (including phenoxy) is 2. The van der Waals surface area contributed by atoms with E-state index in [4.69, 9.17) is 9.47 Å². The maximum Gasteiger partial charge on any atom is 0.408 e. The molecule has 1 fully saturated rings. The average Bonchev–Trinajstić information content (AvgIpc) is 3.20. The maximum atomic E-state index is 13.6. The summed E-state index contributed by atoms with van der Waals surface area (Å²) in [6.45, 7) is 10.6. The first-order valence-corrected chi connectivity index (χ1v) is 11.9. The number of rotatable bonds is 6. The van der Waals surface area contributed by atoms with E-state index in [9.17, 15) is 19.5 Å². The van der Waals surface area contributed by atoms with Crippen LogP contribution in [0.2, 0.25) is 0 Å². The highest BCUT2D eigenvalue weighted by Crippen LogP contribution is 2.29. The minimum atomic E-state index is -1.13. The number of carboxylic acid groups (broad SMARTS) is 1. The van der Waals surface area contributed by atoms with E-state index in [1.54, 1.807) is 53.9 Å². The molecule has 1 aliphatic heterocycles. The van der Waals surface area contributed by atoms with Gasteiger partial charge in [-0.15, -0.1) is 0 Å². The van der Waals surface area contributed by atoms with Crippen molar-refractivity contribution in [3.8, 4) is 16.9 Å². The summed E-state index contributed by atoms with van der Waals surface area (Å²) in [7, 11) is 0. The van der Waals surface area contributed by atoms with Gasteiger partial charge in [0.15, 0.2) is 0 Å². The summed E-state index contributed by atoms with van der Waals surface area (Å²) in [4.78, 5) is 43.6. The van der Waals surface area contributed by atoms with E-state index in [-0.39, 0.29) is 13.0 Å². The number of aliphatic carboxylic acids is 1. The zero-order valence-electron chi connectivity index (χ0n) is 21.6. The van der Waals surface area contributed by atoms with E-state index in [1.807, 2.05) is 36.4 Å². The van der Waals surface area contributed by atoms with E-state index in [2.05, 4.69) is 10.3 Å². The maximum absolute atomic E-state index is 13.6. The van der Waals surface area contributed by atoms with Crippen LogP contribution in [0.3, 0.4) is 0 Å². The zero-order valence-corrected chi connectivity index (χ0v) is 21.6. The van der Waals surface area contributed by atoms with Crippen molar-refractivity contribution in [2.24, 2.45) is 5.41 Å². The SMILES string of the molecule is CC(C)(C)OC(=O)N[C@H](C(=O)N1C[C@H](Oc2cncc(-c3ccccc3)c2)C[C@H]1C(=O)O)C(C)(C)C. The summed E-state index contributed by atoms with van der Waals surface area (Å²) in [5, 5.41) is 12.5. The van der Waals surface area contributed by atoms with Crippen molar-refractivity contribution >= 4 is 18.0 Å². The highest BCUT2D eigenvalue weighted by molar-refractivity contribution is 5.90. The van der Waals surface area contributed by atoms with Crippen molar-refractivity contribution in [1.82, 2.24) is 15.2 Å². The second-order valence-corrected chi connectivity index (χ2v) is 11.0. The third-order valence-corrected chi connectivity index (χ3v) is 5.73. The topological polar surface area (TPSA) is 118 Å². The molecule has 1 saturated heterocycles. The molecule has 1 aliphatic rings. The lowest BCUT2D eigenvalue weighted by Gasteiger charge is -2.35. The first-order chi connectivity index (χ1) is 16.7. The number of likely N-dealkylation sites (tertiary alicyclic amines) is 1. The van der Waals surface area contributed by atoms with Crippen molar-refractivity contribution in [2.45, 2.75) is 71.8 Å². The van der Waals surface area contributed by atoms with E-state index < -0.39 is 47.2 Å². The van der Waals surface area contributed by atoms with Gasteiger partial charge in [0.1, 0.15) is 29.5 Å². The minimum Gasteiger partial charge on any atom is -0.487 e. The van der Waals surface area contributed by atoms with Gasteiger partial charge in [-0.05, 0) is 37.8 Å². The van der Waals surface area contributed by atoms with Crippen molar-refractivity contribution in [2.75, 3.05) is 6.54 Å². The van der Waals surface area contributed by atoms with Gasteiger partial charge in [0.25, 0.3) is 0 Å². The molecule has 0 radical (unpaired) electrons. The monoisotopic (exact) mass is 497 g/mol. The molecular weight excluding hydrogens is 462 g/mol. The predicted molar refractivity (Wildman–Crippen MR) is 134 cm³/mol. The Bertz CT molecular complexity index is 1090. The zero-order chi connectivity index (χ0) is 26.7. The molecule has 9 nitrogen and oxygen atoms in total. The molecule has 0 aliphatic carbocycles. The number of amides is 2. The van der Waals surface area contributed by atoms with Crippen LogP contribution < -0.4 is 10.1 Å². The lowest BCUT2D eigenvalue weighted by molar-refractivity contribution is -0.150. The molecule has 2 N–H and O–H groups in total. The molecule has 194 valence electrons. The number of carbonyl (C=O) groups excluding carboxylic acids is 2. The first-order valence-electron chi connectivity index (χ1n) is 11.9. The van der Waals surface area contributed by atoms with E-state index in [0.717, 1.165) is 11.1 Å². The Morgan fingerprint density at radius 3 is 2.31 bits per heavy atom. The number of hydrogen-bond acceptors (Lipinski definition) is 6. The quantitative estimate of drug-likeness (QED) is 0.616. The Labute approximate surface area is 211 Å². The van der Waals surface area contributed by atoms with Crippen molar-refractivity contribution in [1.29, 1.82) is 0 Å². The molecule has 36 heavy (non-hydrogen) atoms. The first kappa shape index (κ1) is 27.0. The summed E-state index contributed by atoms with van der Waals surface area (Å²) >= 11 is 0. The molecule has 2 amide bonds. The lowest BCUT2D eigenvalue weighted by Crippen LogP contribution is -2.57. The number of aromatic nitrogens is 1. The number of benzene rings is 1. The van der Waals surface area contributed by atoms with Crippen molar-refractivity contribution < 1.29 is 29.0 Å². The Morgan fingerprint density at radius 1 is 1.06 bits per heavy atom. The molecule has 3 atom stereocenters. The normalized spacial score (nSPS) is 18.9. The van der Waals surface area contributed by atoms with Crippen molar-refractivity contribution in [3.05, 3.63) is 48.8 Å². The van der Waals surface area contributed by atoms with Gasteiger partial charge < -0.3 is 24.8 Å². The standard InChI is InChI=1S/C27H35N3O6/c1-26(2,3)22(29-25(34)36-27(4,5)6)23(31)30-16-20(13-21(30)24(32)33)35-19-12-18(14-28-15-19)17-10-8-7-9-11-17/h7-12,14-15,20-22H,13,16H2,1-6H3,(H,29,34)(H,32,33)/t20-,21+,22-/m1/s1. The summed E-state index contributed by atoms with van der Waals surface area (Å²) in [6.07, 6.45) is 2.11. The summed E-state index contributed by atoms with van der Waals surface area (Å²) in [5.41, 5.74) is 0.407. The van der Waals surface area contributed by atoms with Gasteiger partial charge >= 0.3 is 12.1 Å². The van der Waals surface area contributed by atoms with Gasteiger partial charge in [0.05, 0.1) is 12.7 Å². The number of hydrogen-bond donors (Lipinski definition) is 2. The number of nitrogens with zero attached hydrogens (tertiary/aromatic N) is 2. The molecule has 9 heteroatoms. The van der Waals surface area contributed by atoms with E-state index in [1.165, 1.54) is 4.90 Å². The smallest absolute Gasteiger partial charge is 0.408 e. The largest absolute Gasteiger partial charge is 0.487 e. The third-order valence-electron chi connectivity index (χ3n) is 5.73. The summed E-state index contributed by atoms with van der Waals surface area (Å²) < 4.78 is 11.4. The van der Waals surface area contributed by atoms with Gasteiger partial charge in [0, 0.05) is 18.2 Å². The van der Waals surface area contributed by atoms with E-state index in [0.29, 0.717) is 5.75 Å². The van der Waals surface area contributed by atoms with Crippen LogP contribution in [0.15, 0.2) is 48.8 Å². The van der Waals surface area contributed by atoms with Crippen molar-refractivity contribution in [3.63, 3.8) is 0 Å². The van der Waals surface area contributed by atoms with Crippen LogP contribution in [0.25, 0.3) is 11.1 Å². The molecule has 0 unspecified atom stereocenters. The fraction of sp³-hybridized carbons (Fsp3) is 0.481. The van der Waals surface area contributed by atoms with Crippen LogP contribution in [0.5, 0.6) is 5.75 Å². The van der Waals surface area contributed by atoms with Crippen LogP contribution in [0.1, 0.15) is 48.0 Å². The molecule has 3 rings (SSSR count). The molecule has 2 aromatic rings. The Kier molecular flexibility index (Phi) is 7.91. The van der Waals surface area contributed by atoms with Gasteiger partial charge in [0.2, 0.25) is 5.91 Å². The second kappa shape index (κ2) is 10.6. The fourth-order valence-electron chi connectivity index (χ4n) is 4.06. The summed E-state index contributed by atoms with van der Waals surface area (Å²) in [6, 6.07) is 9.47. The Hall–Kier alpha value is -3.62. The average molecular weight is 498 g/mol. The Balaban J connectivity index is 1.78. The van der Waals surface area contributed by atoms with Crippen LogP contribution in [-0.4, -0.2) is 63.3 Å². The molecule has 0 spiro atoms. The van der Waals surface area contributed by atoms with Crippen LogP contribution in [0.4, 0.5) is 4.79 Å². The van der Waals surface area contributed by atoms with Gasteiger partial charge in [-0.3, -0.25) is 9.78 Å². The highest BCUT2D eigenvalue weighted by atomic mass is 16.6. The number of nitrogens with one attached hydrogen (secondary N) is 1. The molecule has 2 heterocycles. The van der Waals surface area contributed by atoms with Gasteiger partial charge in [-0.2, -0.15) is 0 Å². The number of alkyl carbamates (subject to hydrolysis) is 1. The second-order valence-electron chi connectivity index (χ2n) is 11.0. The highest BCUT2D eigenvalue weighted by Gasteiger charge is 2.46. The molecule has 1 aromatic heterocycles. The predicted octanol–water partition coefficient (Wildman–Crippen LogP) is 4.12. The van der Waals surface area contributed by atoms with Gasteiger partial charge in [-0.1, -0.05) is 51.1 Å². The molecule has 1 aromatic carbocycles. The molecule has 0 saturated carbocycles. The van der Waals surface area contributed by atoms with Crippen LogP contribution in [-0.2, 0) is 14.3 Å². The van der Waals surface area contributed by atoms with Crippen LogP contribution in [0, 0.1) is 5.41 Å². The molecular formula is C27H35N3O6. The summed E-state index contributed by atoms with van der Waals surface area (Å²) in [5.74, 6) is -1.14. The van der Waals surface area contributed by atoms with E-state index >= 15 is 0 Å². The fourth-order valence-corrected chi connectivity index (χ4v) is 4.06. The number of carbonyl (C=O) groups is 3. The number of pyridine rings is 1. The minimum absolute atomic E-state index is 0.0634. The molecule has 0 bridgehead atoms. The Morgan fingerprint density at radius 2 is 1.72 bits per heavy atom.